The van der Waals surface area contributed by atoms with Crippen LogP contribution in [0, 0.1) is 0 Å². The summed E-state index contributed by atoms with van der Waals surface area (Å²) in [6.45, 7) is 0. The SMILES string of the molecule is FC(F)(F)C1C=Cc2cc(-c3ccc(Cl)cc3)ccc2O1. The number of halogens is 4. The molecule has 1 atom stereocenters. The van der Waals surface area contributed by atoms with Crippen LogP contribution in [0.15, 0.2) is 48.5 Å². The average Bonchev–Trinajstić information content (AvgIpc) is 2.46. The summed E-state index contributed by atoms with van der Waals surface area (Å²) < 4.78 is 42.9. The molecule has 1 heterocycles. The molecule has 0 radical (unpaired) electrons. The van der Waals surface area contributed by atoms with Gasteiger partial charge in [-0.1, -0.05) is 35.9 Å². The fourth-order valence-corrected chi connectivity index (χ4v) is 2.28. The van der Waals surface area contributed by atoms with Crippen LogP contribution in [-0.4, -0.2) is 12.3 Å². The van der Waals surface area contributed by atoms with Crippen molar-refractivity contribution in [2.45, 2.75) is 12.3 Å². The van der Waals surface area contributed by atoms with Crippen LogP contribution in [-0.2, 0) is 0 Å². The van der Waals surface area contributed by atoms with E-state index in [-0.39, 0.29) is 5.75 Å². The van der Waals surface area contributed by atoms with Crippen molar-refractivity contribution < 1.29 is 17.9 Å². The summed E-state index contributed by atoms with van der Waals surface area (Å²) in [4.78, 5) is 0. The van der Waals surface area contributed by atoms with Gasteiger partial charge in [-0.15, -0.1) is 0 Å². The Morgan fingerprint density at radius 1 is 0.952 bits per heavy atom. The molecule has 1 aliphatic rings. The highest BCUT2D eigenvalue weighted by molar-refractivity contribution is 6.30. The third-order valence-electron chi connectivity index (χ3n) is 3.21. The number of alkyl halides is 3. The van der Waals surface area contributed by atoms with E-state index in [0.29, 0.717) is 10.6 Å². The minimum absolute atomic E-state index is 0.234. The third kappa shape index (κ3) is 2.90. The van der Waals surface area contributed by atoms with Gasteiger partial charge < -0.3 is 4.74 Å². The highest BCUT2D eigenvalue weighted by atomic mass is 35.5. The van der Waals surface area contributed by atoms with Crippen molar-refractivity contribution in [2.24, 2.45) is 0 Å². The molecule has 0 saturated carbocycles. The van der Waals surface area contributed by atoms with Gasteiger partial charge >= 0.3 is 6.18 Å². The van der Waals surface area contributed by atoms with Crippen molar-refractivity contribution in [2.75, 3.05) is 0 Å². The summed E-state index contributed by atoms with van der Waals surface area (Å²) in [6, 6.07) is 12.3. The Kier molecular flexibility index (Phi) is 3.41. The summed E-state index contributed by atoms with van der Waals surface area (Å²) >= 11 is 5.84. The Morgan fingerprint density at radius 3 is 2.29 bits per heavy atom. The predicted octanol–water partition coefficient (Wildman–Crippen LogP) is 5.34. The quantitative estimate of drug-likeness (QED) is 0.690. The number of hydrogen-bond donors (Lipinski definition) is 0. The molecule has 0 aromatic heterocycles. The molecule has 0 spiro atoms. The van der Waals surface area contributed by atoms with Gasteiger partial charge in [-0.05, 0) is 41.5 Å². The zero-order valence-corrected chi connectivity index (χ0v) is 11.4. The second-order valence-electron chi connectivity index (χ2n) is 4.70. The van der Waals surface area contributed by atoms with Crippen LogP contribution in [0.5, 0.6) is 5.75 Å². The molecule has 0 aliphatic carbocycles. The monoisotopic (exact) mass is 310 g/mol. The van der Waals surface area contributed by atoms with E-state index >= 15 is 0 Å². The van der Waals surface area contributed by atoms with Crippen LogP contribution in [0.4, 0.5) is 13.2 Å². The standard InChI is InChI=1S/C16H10ClF3O/c17-13-5-1-10(2-6-13)11-3-7-14-12(9-11)4-8-15(21-14)16(18,19)20/h1-9,15H. The molecule has 2 aromatic rings. The number of benzene rings is 2. The van der Waals surface area contributed by atoms with Gasteiger partial charge in [-0.2, -0.15) is 13.2 Å². The fourth-order valence-electron chi connectivity index (χ4n) is 2.15. The van der Waals surface area contributed by atoms with Crippen molar-refractivity contribution in [3.05, 3.63) is 59.1 Å². The molecule has 5 heteroatoms. The lowest BCUT2D eigenvalue weighted by molar-refractivity contribution is -0.180. The Balaban J connectivity index is 1.93. The first-order valence-corrected chi connectivity index (χ1v) is 6.63. The normalized spacial score (nSPS) is 17.2. The van der Waals surface area contributed by atoms with Gasteiger partial charge in [0.1, 0.15) is 5.75 Å². The molecule has 0 N–H and O–H groups in total. The maximum absolute atomic E-state index is 12.6. The number of ether oxygens (including phenoxy) is 1. The third-order valence-corrected chi connectivity index (χ3v) is 3.47. The molecule has 3 rings (SSSR count). The van der Waals surface area contributed by atoms with Crippen LogP contribution in [0.1, 0.15) is 5.56 Å². The van der Waals surface area contributed by atoms with E-state index in [9.17, 15) is 13.2 Å². The second-order valence-corrected chi connectivity index (χ2v) is 5.14. The molecule has 108 valence electrons. The van der Waals surface area contributed by atoms with Gasteiger partial charge in [-0.3, -0.25) is 0 Å². The van der Waals surface area contributed by atoms with Crippen molar-refractivity contribution in [1.82, 2.24) is 0 Å². The molecule has 0 bridgehead atoms. The van der Waals surface area contributed by atoms with E-state index in [4.69, 9.17) is 16.3 Å². The summed E-state index contributed by atoms with van der Waals surface area (Å²) in [5.41, 5.74) is 2.46. The smallest absolute Gasteiger partial charge is 0.429 e. The van der Waals surface area contributed by atoms with E-state index in [0.717, 1.165) is 17.2 Å². The van der Waals surface area contributed by atoms with Crippen molar-refractivity contribution in [1.29, 1.82) is 0 Å². The summed E-state index contributed by atoms with van der Waals surface area (Å²) in [7, 11) is 0. The van der Waals surface area contributed by atoms with Gasteiger partial charge in [0.05, 0.1) is 0 Å². The zero-order valence-electron chi connectivity index (χ0n) is 10.7. The Labute approximate surface area is 124 Å². The van der Waals surface area contributed by atoms with Gasteiger partial charge in [0.15, 0.2) is 0 Å². The van der Waals surface area contributed by atoms with E-state index in [1.165, 1.54) is 6.08 Å². The largest absolute Gasteiger partial charge is 0.476 e. The van der Waals surface area contributed by atoms with Crippen LogP contribution < -0.4 is 4.74 Å². The maximum atomic E-state index is 12.6. The molecule has 1 unspecified atom stereocenters. The average molecular weight is 311 g/mol. The second kappa shape index (κ2) is 5.11. The molecule has 0 saturated heterocycles. The highest BCUT2D eigenvalue weighted by Gasteiger charge is 2.41. The predicted molar refractivity (Wildman–Crippen MR) is 76.4 cm³/mol. The lowest BCUT2D eigenvalue weighted by Crippen LogP contribution is -2.33. The van der Waals surface area contributed by atoms with Crippen molar-refractivity contribution in [3.8, 4) is 16.9 Å². The molecular weight excluding hydrogens is 301 g/mol. The molecule has 0 fully saturated rings. The lowest BCUT2D eigenvalue weighted by atomic mass is 10.0. The Hall–Kier alpha value is -1.94. The minimum Gasteiger partial charge on any atom is -0.476 e. The maximum Gasteiger partial charge on any atom is 0.429 e. The zero-order chi connectivity index (χ0) is 15.0. The Morgan fingerprint density at radius 2 is 1.62 bits per heavy atom. The topological polar surface area (TPSA) is 9.23 Å². The van der Waals surface area contributed by atoms with E-state index < -0.39 is 12.3 Å². The first kappa shape index (κ1) is 14.0. The number of rotatable bonds is 1. The van der Waals surface area contributed by atoms with Crippen molar-refractivity contribution in [3.63, 3.8) is 0 Å². The van der Waals surface area contributed by atoms with E-state index in [1.54, 1.807) is 30.3 Å². The molecule has 2 aromatic carbocycles. The first-order chi connectivity index (χ1) is 9.93. The number of hydrogen-bond acceptors (Lipinski definition) is 1. The molecular formula is C16H10ClF3O. The van der Waals surface area contributed by atoms with Crippen LogP contribution >= 0.6 is 11.6 Å². The van der Waals surface area contributed by atoms with Gasteiger partial charge in [0.2, 0.25) is 6.10 Å². The van der Waals surface area contributed by atoms with Gasteiger partial charge in [-0.25, -0.2) is 0 Å². The lowest BCUT2D eigenvalue weighted by Gasteiger charge is -2.23. The van der Waals surface area contributed by atoms with Gasteiger partial charge in [0, 0.05) is 10.6 Å². The summed E-state index contributed by atoms with van der Waals surface area (Å²) in [5, 5.41) is 0.632. The molecule has 21 heavy (non-hydrogen) atoms. The fraction of sp³-hybridized carbons (Fsp3) is 0.125. The van der Waals surface area contributed by atoms with E-state index in [1.807, 2.05) is 12.1 Å². The van der Waals surface area contributed by atoms with Crippen molar-refractivity contribution >= 4 is 17.7 Å². The minimum atomic E-state index is -4.40. The molecule has 1 nitrogen and oxygen atoms in total. The van der Waals surface area contributed by atoms with Gasteiger partial charge in [0.25, 0.3) is 0 Å². The summed E-state index contributed by atoms with van der Waals surface area (Å²) in [6.07, 6.45) is -3.82. The van der Waals surface area contributed by atoms with Crippen LogP contribution in [0.2, 0.25) is 5.02 Å². The summed E-state index contributed by atoms with van der Waals surface area (Å²) in [5.74, 6) is 0.234. The van der Waals surface area contributed by atoms with E-state index in [2.05, 4.69) is 0 Å². The van der Waals surface area contributed by atoms with Crippen LogP contribution in [0.25, 0.3) is 17.2 Å². The van der Waals surface area contributed by atoms with Crippen LogP contribution in [0.3, 0.4) is 0 Å². The first-order valence-electron chi connectivity index (χ1n) is 6.25. The molecule has 0 amide bonds. The highest BCUT2D eigenvalue weighted by Crippen LogP contribution is 2.35. The molecule has 1 aliphatic heterocycles. The Bertz CT molecular complexity index is 690. The number of fused-ring (bicyclic) bond motifs is 1.